The topological polar surface area (TPSA) is 46.4 Å². The fourth-order valence-electron chi connectivity index (χ4n) is 3.31. The van der Waals surface area contributed by atoms with Gasteiger partial charge in [-0.05, 0) is 29.8 Å². The lowest BCUT2D eigenvalue weighted by Crippen LogP contribution is -2.18. The summed E-state index contributed by atoms with van der Waals surface area (Å²) in [5.74, 6) is -0.424. The van der Waals surface area contributed by atoms with Gasteiger partial charge in [-0.2, -0.15) is 0 Å². The molecule has 0 aromatic heterocycles. The van der Waals surface area contributed by atoms with Crippen LogP contribution in [0.25, 0.3) is 0 Å². The van der Waals surface area contributed by atoms with Gasteiger partial charge in [0.25, 0.3) is 5.91 Å². The fourth-order valence-corrected chi connectivity index (χ4v) is 3.31. The average Bonchev–Trinajstić information content (AvgIpc) is 3.47. The lowest BCUT2D eigenvalue weighted by atomic mass is 10.1. The highest BCUT2D eigenvalue weighted by Gasteiger charge is 2.52. The number of esters is 1. The van der Waals surface area contributed by atoms with Crippen LogP contribution in [0.4, 0.5) is 0 Å². The molecular weight excluding hydrogens is 338 g/mol. The lowest BCUT2D eigenvalue weighted by Gasteiger charge is -2.06. The molecule has 0 spiro atoms. The normalized spacial score (nSPS) is 18.0. The van der Waals surface area contributed by atoms with Crippen molar-refractivity contribution in [1.82, 2.24) is 4.90 Å². The van der Waals surface area contributed by atoms with Gasteiger partial charge in [-0.25, -0.2) is 4.79 Å². The molecule has 0 N–H and O–H groups in total. The molecule has 2 atom stereocenters. The van der Waals surface area contributed by atoms with Gasteiger partial charge < -0.3 is 9.64 Å². The highest BCUT2D eigenvalue weighted by molar-refractivity contribution is 5.96. The Bertz CT molecular complexity index is 926. The quantitative estimate of drug-likeness (QED) is 0.510. The molecule has 1 saturated heterocycles. The summed E-state index contributed by atoms with van der Waals surface area (Å²) in [6.45, 7) is 0.172. The number of carbonyl (C=O) groups excluding carboxylic acids is 2. The predicted molar refractivity (Wildman–Crippen MR) is 102 cm³/mol. The molecule has 1 amide bonds. The van der Waals surface area contributed by atoms with Crippen molar-refractivity contribution in [2.75, 3.05) is 6.61 Å². The minimum Gasteiger partial charge on any atom is -0.460 e. The van der Waals surface area contributed by atoms with E-state index in [1.54, 1.807) is 41.3 Å². The van der Waals surface area contributed by atoms with E-state index >= 15 is 0 Å². The standard InChI is InChI=1S/C23H19NO3/c25-22(18-12-6-2-7-13-18)24-20(21(24)17-10-4-1-5-11-17)16-27-23(26)19-14-8-3-9-15-19/h1-15,20-21H,16H2/t20-,21+,24?/m0/s1. The van der Waals surface area contributed by atoms with Crippen molar-refractivity contribution in [1.29, 1.82) is 0 Å². The van der Waals surface area contributed by atoms with E-state index in [1.807, 2.05) is 54.6 Å². The SMILES string of the molecule is O=C(OC[C@H]1[C@@H](c2ccccc2)N1C(=O)c1ccccc1)c1ccccc1. The zero-order valence-electron chi connectivity index (χ0n) is 14.7. The third kappa shape index (κ3) is 3.60. The molecule has 3 aromatic carbocycles. The molecule has 0 unspecified atom stereocenters. The average molecular weight is 357 g/mol. The van der Waals surface area contributed by atoms with Crippen LogP contribution in [0.2, 0.25) is 0 Å². The van der Waals surface area contributed by atoms with Crippen LogP contribution in [0.5, 0.6) is 0 Å². The first-order valence-corrected chi connectivity index (χ1v) is 8.90. The maximum Gasteiger partial charge on any atom is 0.338 e. The molecule has 1 aliphatic heterocycles. The Morgan fingerprint density at radius 1 is 0.741 bits per heavy atom. The van der Waals surface area contributed by atoms with Crippen LogP contribution in [-0.2, 0) is 4.74 Å². The Balaban J connectivity index is 1.50. The molecule has 0 saturated carbocycles. The van der Waals surface area contributed by atoms with E-state index in [-0.39, 0.29) is 30.6 Å². The van der Waals surface area contributed by atoms with Crippen molar-refractivity contribution >= 4 is 11.9 Å². The van der Waals surface area contributed by atoms with E-state index in [2.05, 4.69) is 0 Å². The highest BCUT2D eigenvalue weighted by Crippen LogP contribution is 2.44. The van der Waals surface area contributed by atoms with Gasteiger partial charge in [0.05, 0.1) is 17.6 Å². The predicted octanol–water partition coefficient (Wildman–Crippen LogP) is 4.11. The summed E-state index contributed by atoms with van der Waals surface area (Å²) in [7, 11) is 0. The van der Waals surface area contributed by atoms with Gasteiger partial charge in [0.2, 0.25) is 0 Å². The summed E-state index contributed by atoms with van der Waals surface area (Å²) in [4.78, 5) is 26.9. The summed E-state index contributed by atoms with van der Waals surface area (Å²) in [5, 5.41) is 0. The zero-order chi connectivity index (χ0) is 18.6. The number of rotatable bonds is 5. The molecule has 4 nitrogen and oxygen atoms in total. The lowest BCUT2D eigenvalue weighted by molar-refractivity contribution is 0.0486. The molecule has 134 valence electrons. The van der Waals surface area contributed by atoms with Gasteiger partial charge in [0, 0.05) is 5.56 Å². The monoisotopic (exact) mass is 357 g/mol. The maximum absolute atomic E-state index is 12.9. The Kier molecular flexibility index (Phi) is 4.71. The number of nitrogens with zero attached hydrogens (tertiary/aromatic N) is 1. The molecule has 4 heteroatoms. The van der Waals surface area contributed by atoms with Crippen LogP contribution >= 0.6 is 0 Å². The first kappa shape index (κ1) is 17.0. The number of carbonyl (C=O) groups is 2. The Hall–Kier alpha value is -3.40. The summed E-state index contributed by atoms with van der Waals surface area (Å²) >= 11 is 0. The van der Waals surface area contributed by atoms with E-state index in [4.69, 9.17) is 4.74 Å². The van der Waals surface area contributed by atoms with E-state index in [0.29, 0.717) is 11.1 Å². The summed E-state index contributed by atoms with van der Waals surface area (Å²) < 4.78 is 5.49. The van der Waals surface area contributed by atoms with Crippen LogP contribution in [0.1, 0.15) is 32.3 Å². The van der Waals surface area contributed by atoms with Crippen molar-refractivity contribution in [3.8, 4) is 0 Å². The van der Waals surface area contributed by atoms with Crippen LogP contribution in [0.3, 0.4) is 0 Å². The van der Waals surface area contributed by atoms with Gasteiger partial charge in [0.15, 0.2) is 0 Å². The van der Waals surface area contributed by atoms with Crippen molar-refractivity contribution in [2.45, 2.75) is 12.1 Å². The van der Waals surface area contributed by atoms with Crippen LogP contribution in [0.15, 0.2) is 91.0 Å². The number of ether oxygens (including phenoxy) is 1. The Morgan fingerprint density at radius 3 is 1.85 bits per heavy atom. The van der Waals surface area contributed by atoms with Gasteiger partial charge >= 0.3 is 5.97 Å². The molecule has 1 aliphatic rings. The number of hydrogen-bond acceptors (Lipinski definition) is 3. The Morgan fingerprint density at radius 2 is 1.26 bits per heavy atom. The summed E-state index contributed by atoms with van der Waals surface area (Å²) in [5.41, 5.74) is 2.19. The maximum atomic E-state index is 12.9. The van der Waals surface area contributed by atoms with E-state index < -0.39 is 0 Å². The van der Waals surface area contributed by atoms with Crippen molar-refractivity contribution in [3.63, 3.8) is 0 Å². The third-order valence-electron chi connectivity index (χ3n) is 4.72. The summed E-state index contributed by atoms with van der Waals surface area (Å²) in [6.07, 6.45) is 0. The van der Waals surface area contributed by atoms with Gasteiger partial charge in [-0.1, -0.05) is 66.7 Å². The molecule has 0 radical (unpaired) electrons. The molecule has 0 bridgehead atoms. The smallest absolute Gasteiger partial charge is 0.338 e. The molecule has 3 aromatic rings. The number of hydrogen-bond donors (Lipinski definition) is 0. The molecule has 1 heterocycles. The number of benzene rings is 3. The fraction of sp³-hybridized carbons (Fsp3) is 0.130. The molecule has 4 rings (SSSR count). The zero-order valence-corrected chi connectivity index (χ0v) is 14.7. The van der Waals surface area contributed by atoms with Crippen LogP contribution in [-0.4, -0.2) is 29.4 Å². The van der Waals surface area contributed by atoms with Gasteiger partial charge in [-0.3, -0.25) is 4.79 Å². The minimum absolute atomic E-state index is 0.0507. The van der Waals surface area contributed by atoms with Gasteiger partial charge in [0.1, 0.15) is 6.61 Å². The number of amides is 1. The molecule has 0 aliphatic carbocycles. The third-order valence-corrected chi connectivity index (χ3v) is 4.72. The van der Waals surface area contributed by atoms with Crippen molar-refractivity contribution < 1.29 is 14.3 Å². The van der Waals surface area contributed by atoms with E-state index in [9.17, 15) is 9.59 Å². The molecule has 27 heavy (non-hydrogen) atoms. The largest absolute Gasteiger partial charge is 0.460 e. The summed E-state index contributed by atoms with van der Waals surface area (Å²) in [6, 6.07) is 27.7. The van der Waals surface area contributed by atoms with Crippen LogP contribution in [0, 0.1) is 0 Å². The molecule has 1 fully saturated rings. The van der Waals surface area contributed by atoms with Crippen molar-refractivity contribution in [2.24, 2.45) is 0 Å². The van der Waals surface area contributed by atoms with Gasteiger partial charge in [-0.15, -0.1) is 0 Å². The van der Waals surface area contributed by atoms with E-state index in [0.717, 1.165) is 5.56 Å². The second-order valence-corrected chi connectivity index (χ2v) is 6.47. The van der Waals surface area contributed by atoms with Crippen LogP contribution < -0.4 is 0 Å². The second kappa shape index (κ2) is 7.46. The van der Waals surface area contributed by atoms with E-state index in [1.165, 1.54) is 0 Å². The first-order valence-electron chi connectivity index (χ1n) is 8.90. The van der Waals surface area contributed by atoms with Crippen molar-refractivity contribution in [3.05, 3.63) is 108 Å². The molecular formula is C23H19NO3. The first-order chi connectivity index (χ1) is 13.3. The second-order valence-electron chi connectivity index (χ2n) is 6.47. The minimum atomic E-state index is -0.374. The highest BCUT2D eigenvalue weighted by atomic mass is 16.5. The Labute approximate surface area is 158 Å².